The number of hydrogen-bond donors (Lipinski definition) is 0. The third kappa shape index (κ3) is 6.27. The predicted octanol–water partition coefficient (Wildman–Crippen LogP) is 3.05. The first kappa shape index (κ1) is 23.3. The first-order valence-electron chi connectivity index (χ1n) is 9.39. The van der Waals surface area contributed by atoms with Crippen LogP contribution in [0.15, 0.2) is 58.4 Å². The SMILES string of the molecule is COC(=O)[C@](C)(Cc1ccc(OCCCS(=O)(=O)c2cccc(C)c2)cc1)N=C=O. The maximum Gasteiger partial charge on any atom is 0.334 e. The number of ether oxygens (including phenoxy) is 2. The summed E-state index contributed by atoms with van der Waals surface area (Å²) < 4.78 is 35.1. The van der Waals surface area contributed by atoms with E-state index in [1.807, 2.05) is 13.0 Å². The van der Waals surface area contributed by atoms with Crippen molar-refractivity contribution in [2.24, 2.45) is 4.99 Å². The molecule has 0 radical (unpaired) electrons. The fraction of sp³-hybridized carbons (Fsp3) is 0.364. The fourth-order valence-corrected chi connectivity index (χ4v) is 4.33. The van der Waals surface area contributed by atoms with Gasteiger partial charge in [-0.2, -0.15) is 4.99 Å². The summed E-state index contributed by atoms with van der Waals surface area (Å²) in [6, 6.07) is 13.8. The number of hydrogen-bond acceptors (Lipinski definition) is 7. The molecular formula is C22H25NO6S. The highest BCUT2D eigenvalue weighted by Crippen LogP contribution is 2.21. The molecule has 30 heavy (non-hydrogen) atoms. The molecule has 0 aliphatic heterocycles. The molecule has 2 rings (SSSR count). The molecule has 0 aliphatic rings. The first-order chi connectivity index (χ1) is 14.2. The molecule has 0 saturated heterocycles. The summed E-state index contributed by atoms with van der Waals surface area (Å²) in [7, 11) is -2.11. The number of carbonyl (C=O) groups is 1. The van der Waals surface area contributed by atoms with Gasteiger partial charge in [0.1, 0.15) is 5.75 Å². The zero-order chi connectivity index (χ0) is 22.2. The van der Waals surface area contributed by atoms with Crippen LogP contribution < -0.4 is 4.74 Å². The van der Waals surface area contributed by atoms with E-state index in [1.165, 1.54) is 20.1 Å². The van der Waals surface area contributed by atoms with Gasteiger partial charge in [0.25, 0.3) is 0 Å². The Hall–Kier alpha value is -2.96. The van der Waals surface area contributed by atoms with Crippen molar-refractivity contribution in [3.8, 4) is 5.75 Å². The molecule has 160 valence electrons. The normalized spacial score (nSPS) is 13.0. The highest BCUT2D eigenvalue weighted by molar-refractivity contribution is 7.91. The minimum atomic E-state index is -3.35. The number of methoxy groups -OCH3 is 1. The van der Waals surface area contributed by atoms with E-state index in [-0.39, 0.29) is 18.8 Å². The average molecular weight is 432 g/mol. The van der Waals surface area contributed by atoms with Gasteiger partial charge < -0.3 is 9.47 Å². The summed E-state index contributed by atoms with van der Waals surface area (Å²) in [6.45, 7) is 3.60. The van der Waals surface area contributed by atoms with Crippen molar-refractivity contribution < 1.29 is 27.5 Å². The quantitative estimate of drug-likeness (QED) is 0.248. The smallest absolute Gasteiger partial charge is 0.334 e. The molecule has 0 spiro atoms. The van der Waals surface area contributed by atoms with Crippen LogP contribution in [0.2, 0.25) is 0 Å². The van der Waals surface area contributed by atoms with Crippen LogP contribution in [0.1, 0.15) is 24.5 Å². The number of esters is 1. The van der Waals surface area contributed by atoms with Crippen LogP contribution in [0.4, 0.5) is 0 Å². The van der Waals surface area contributed by atoms with Crippen LogP contribution in [0.3, 0.4) is 0 Å². The van der Waals surface area contributed by atoms with E-state index >= 15 is 0 Å². The van der Waals surface area contributed by atoms with Gasteiger partial charge in [-0.25, -0.2) is 18.0 Å². The Morgan fingerprint density at radius 3 is 2.47 bits per heavy atom. The second kappa shape index (κ2) is 10.2. The fourth-order valence-electron chi connectivity index (χ4n) is 2.94. The van der Waals surface area contributed by atoms with Gasteiger partial charge in [0, 0.05) is 6.42 Å². The monoisotopic (exact) mass is 431 g/mol. The van der Waals surface area contributed by atoms with Gasteiger partial charge >= 0.3 is 5.97 Å². The summed E-state index contributed by atoms with van der Waals surface area (Å²) in [4.78, 5) is 26.5. The number of isocyanates is 1. The van der Waals surface area contributed by atoms with Crippen LogP contribution >= 0.6 is 0 Å². The number of aliphatic imine (C=N–C) groups is 1. The van der Waals surface area contributed by atoms with Crippen molar-refractivity contribution in [3.05, 3.63) is 59.7 Å². The molecule has 0 unspecified atom stereocenters. The van der Waals surface area contributed by atoms with Crippen molar-refractivity contribution >= 4 is 21.9 Å². The Kier molecular flexibility index (Phi) is 7.92. The molecule has 1 atom stereocenters. The van der Waals surface area contributed by atoms with Gasteiger partial charge in [-0.15, -0.1) is 0 Å². The topological polar surface area (TPSA) is 99.1 Å². The summed E-state index contributed by atoms with van der Waals surface area (Å²) in [5.74, 6) is -0.0539. The Balaban J connectivity index is 1.90. The molecule has 0 saturated carbocycles. The van der Waals surface area contributed by atoms with Crippen LogP contribution in [0.25, 0.3) is 0 Å². The highest BCUT2D eigenvalue weighted by atomic mass is 32.2. The summed E-state index contributed by atoms with van der Waals surface area (Å²) in [5, 5.41) is 0. The average Bonchev–Trinajstić information content (AvgIpc) is 2.72. The van der Waals surface area contributed by atoms with Crippen LogP contribution in [0.5, 0.6) is 5.75 Å². The van der Waals surface area contributed by atoms with Gasteiger partial charge in [0.05, 0.1) is 24.4 Å². The lowest BCUT2D eigenvalue weighted by atomic mass is 9.93. The lowest BCUT2D eigenvalue weighted by Crippen LogP contribution is -2.36. The summed E-state index contributed by atoms with van der Waals surface area (Å²) >= 11 is 0. The molecule has 0 aromatic heterocycles. The van der Waals surface area contributed by atoms with Gasteiger partial charge in [-0.3, -0.25) is 0 Å². The molecule has 8 heteroatoms. The number of aryl methyl sites for hydroxylation is 1. The zero-order valence-corrected chi connectivity index (χ0v) is 18.1. The van der Waals surface area contributed by atoms with Gasteiger partial charge in [0.15, 0.2) is 15.4 Å². The van der Waals surface area contributed by atoms with E-state index in [9.17, 15) is 18.0 Å². The zero-order valence-electron chi connectivity index (χ0n) is 17.3. The molecule has 2 aromatic carbocycles. The number of rotatable bonds is 10. The van der Waals surface area contributed by atoms with Gasteiger partial charge in [0.2, 0.25) is 6.08 Å². The lowest BCUT2D eigenvalue weighted by molar-refractivity contribution is -0.146. The summed E-state index contributed by atoms with van der Waals surface area (Å²) in [5.41, 5.74) is 0.314. The van der Waals surface area contributed by atoms with E-state index in [4.69, 9.17) is 9.47 Å². The standard InChI is InChI=1S/C22H25NO6S/c1-17-6-4-7-20(14-17)30(26,27)13-5-12-29-19-10-8-18(9-11-19)15-22(2,23-16-24)21(25)28-3/h4,6-11,14H,5,12-13,15H2,1-3H3/t22-/m0/s1. The molecule has 0 amide bonds. The Bertz CT molecular complexity index is 1030. The maximum atomic E-state index is 12.4. The number of carbonyl (C=O) groups excluding carboxylic acids is 2. The molecule has 0 aliphatic carbocycles. The van der Waals surface area contributed by atoms with Crippen LogP contribution in [-0.4, -0.2) is 45.5 Å². The predicted molar refractivity (Wildman–Crippen MR) is 112 cm³/mol. The van der Waals surface area contributed by atoms with Crippen LogP contribution in [-0.2, 0) is 30.6 Å². The van der Waals surface area contributed by atoms with Crippen molar-refractivity contribution in [3.63, 3.8) is 0 Å². The molecular weight excluding hydrogens is 406 g/mol. The van der Waals surface area contributed by atoms with E-state index in [0.29, 0.717) is 17.1 Å². The van der Waals surface area contributed by atoms with Gasteiger partial charge in [-0.1, -0.05) is 24.3 Å². The van der Waals surface area contributed by atoms with E-state index in [2.05, 4.69) is 4.99 Å². The van der Waals surface area contributed by atoms with Crippen LogP contribution in [0, 0.1) is 6.92 Å². The molecule has 2 aromatic rings. The highest BCUT2D eigenvalue weighted by Gasteiger charge is 2.34. The third-order valence-electron chi connectivity index (χ3n) is 4.56. The lowest BCUT2D eigenvalue weighted by Gasteiger charge is -2.20. The maximum absolute atomic E-state index is 12.4. The molecule has 0 N–H and O–H groups in total. The van der Waals surface area contributed by atoms with Crippen molar-refractivity contribution in [2.75, 3.05) is 19.5 Å². The largest absolute Gasteiger partial charge is 0.494 e. The second-order valence-corrected chi connectivity index (χ2v) is 9.24. The molecule has 0 fully saturated rings. The third-order valence-corrected chi connectivity index (χ3v) is 6.36. The van der Waals surface area contributed by atoms with E-state index in [1.54, 1.807) is 42.5 Å². The van der Waals surface area contributed by atoms with Gasteiger partial charge in [-0.05, 0) is 55.7 Å². The Morgan fingerprint density at radius 2 is 1.87 bits per heavy atom. The Labute approximate surface area is 176 Å². The second-order valence-electron chi connectivity index (χ2n) is 7.13. The molecule has 0 heterocycles. The van der Waals surface area contributed by atoms with Crippen molar-refractivity contribution in [1.29, 1.82) is 0 Å². The first-order valence-corrected chi connectivity index (χ1v) is 11.0. The van der Waals surface area contributed by atoms with E-state index in [0.717, 1.165) is 11.1 Å². The number of benzene rings is 2. The van der Waals surface area contributed by atoms with Crippen molar-refractivity contribution in [2.45, 2.75) is 37.1 Å². The molecule has 7 nitrogen and oxygen atoms in total. The minimum absolute atomic E-state index is 0.00425. The number of nitrogens with zero attached hydrogens (tertiary/aromatic N) is 1. The minimum Gasteiger partial charge on any atom is -0.494 e. The van der Waals surface area contributed by atoms with E-state index < -0.39 is 21.3 Å². The molecule has 0 bridgehead atoms. The summed E-state index contributed by atoms with van der Waals surface area (Å²) in [6.07, 6.45) is 1.94. The van der Waals surface area contributed by atoms with Crippen molar-refractivity contribution in [1.82, 2.24) is 0 Å². The Morgan fingerprint density at radius 1 is 1.17 bits per heavy atom. The number of sulfone groups is 1.